The van der Waals surface area contributed by atoms with Gasteiger partial charge in [-0.3, -0.25) is 4.79 Å². The van der Waals surface area contributed by atoms with Crippen LogP contribution in [0.1, 0.15) is 64.2 Å². The fourth-order valence-electron chi connectivity index (χ4n) is 2.46. The van der Waals surface area contributed by atoms with E-state index in [2.05, 4.69) is 0 Å². The first-order chi connectivity index (χ1) is 8.33. The second kappa shape index (κ2) is 9.20. The Morgan fingerprint density at radius 1 is 1.24 bits per heavy atom. The molecule has 0 aromatic carbocycles. The highest BCUT2D eigenvalue weighted by molar-refractivity contribution is 5.72. The highest BCUT2D eigenvalue weighted by Crippen LogP contribution is 2.27. The van der Waals surface area contributed by atoms with Crippen LogP contribution in [0, 0.1) is 11.3 Å². The van der Waals surface area contributed by atoms with Gasteiger partial charge in [0, 0.05) is 0 Å². The van der Waals surface area contributed by atoms with Crippen molar-refractivity contribution in [1.82, 2.24) is 0 Å². The minimum absolute atomic E-state index is 0.161. The van der Waals surface area contributed by atoms with Gasteiger partial charge in [-0.2, -0.15) is 0 Å². The van der Waals surface area contributed by atoms with E-state index in [-0.39, 0.29) is 5.97 Å². The van der Waals surface area contributed by atoms with Crippen LogP contribution in [0.5, 0.6) is 0 Å². The van der Waals surface area contributed by atoms with Crippen LogP contribution in [0.4, 0.5) is 0 Å². The standard InChI is InChI=1S/C14H25NO2/c15-11-6-10-14(16)17-12-5-4-9-13-7-2-1-3-8-13/h11,13,15H,1-10,12H2. The molecule has 0 saturated heterocycles. The summed E-state index contributed by atoms with van der Waals surface area (Å²) in [4.78, 5) is 11.1. The first-order valence-electron chi connectivity index (χ1n) is 6.97. The SMILES string of the molecule is N=CCCC(=O)OCCCCC1CCCCC1. The second-order valence-corrected chi connectivity index (χ2v) is 4.96. The fraction of sp³-hybridized carbons (Fsp3) is 0.857. The smallest absolute Gasteiger partial charge is 0.306 e. The predicted molar refractivity (Wildman–Crippen MR) is 69.4 cm³/mol. The van der Waals surface area contributed by atoms with E-state index in [0.717, 1.165) is 12.3 Å². The summed E-state index contributed by atoms with van der Waals surface area (Å²) in [6.45, 7) is 0.559. The van der Waals surface area contributed by atoms with E-state index in [1.807, 2.05) is 0 Å². The Morgan fingerprint density at radius 3 is 2.71 bits per heavy atom. The third-order valence-electron chi connectivity index (χ3n) is 3.49. The number of hydrogen-bond donors (Lipinski definition) is 1. The molecule has 1 rings (SSSR count). The largest absolute Gasteiger partial charge is 0.466 e. The quantitative estimate of drug-likeness (QED) is 0.399. The van der Waals surface area contributed by atoms with Crippen molar-refractivity contribution in [2.24, 2.45) is 5.92 Å². The van der Waals surface area contributed by atoms with Crippen LogP contribution in [-0.4, -0.2) is 18.8 Å². The second-order valence-electron chi connectivity index (χ2n) is 4.96. The average Bonchev–Trinajstić information content (AvgIpc) is 2.37. The van der Waals surface area contributed by atoms with Crippen LogP contribution in [-0.2, 0) is 9.53 Å². The molecule has 0 aromatic rings. The Balaban J connectivity index is 1.89. The molecule has 0 bridgehead atoms. The minimum Gasteiger partial charge on any atom is -0.466 e. The summed E-state index contributed by atoms with van der Waals surface area (Å²) in [5.74, 6) is 0.767. The zero-order chi connectivity index (χ0) is 12.3. The van der Waals surface area contributed by atoms with E-state index in [4.69, 9.17) is 10.1 Å². The van der Waals surface area contributed by atoms with E-state index in [1.54, 1.807) is 0 Å². The summed E-state index contributed by atoms with van der Waals surface area (Å²) in [5.41, 5.74) is 0. The van der Waals surface area contributed by atoms with Crippen molar-refractivity contribution in [2.45, 2.75) is 64.2 Å². The molecule has 0 atom stereocenters. The van der Waals surface area contributed by atoms with Gasteiger partial charge in [0.1, 0.15) is 0 Å². The van der Waals surface area contributed by atoms with Crippen molar-refractivity contribution in [3.63, 3.8) is 0 Å². The van der Waals surface area contributed by atoms with Gasteiger partial charge in [-0.05, 0) is 31.4 Å². The monoisotopic (exact) mass is 239 g/mol. The van der Waals surface area contributed by atoms with E-state index in [0.29, 0.717) is 19.4 Å². The van der Waals surface area contributed by atoms with Crippen molar-refractivity contribution in [3.05, 3.63) is 0 Å². The summed E-state index contributed by atoms with van der Waals surface area (Å²) in [6, 6.07) is 0. The molecule has 0 unspecified atom stereocenters. The summed E-state index contributed by atoms with van der Waals surface area (Å²) >= 11 is 0. The van der Waals surface area contributed by atoms with Crippen LogP contribution >= 0.6 is 0 Å². The number of esters is 1. The zero-order valence-electron chi connectivity index (χ0n) is 10.7. The van der Waals surface area contributed by atoms with Gasteiger partial charge in [0.05, 0.1) is 13.0 Å². The van der Waals surface area contributed by atoms with Gasteiger partial charge in [-0.15, -0.1) is 0 Å². The van der Waals surface area contributed by atoms with E-state index >= 15 is 0 Å². The predicted octanol–water partition coefficient (Wildman–Crippen LogP) is 3.71. The summed E-state index contributed by atoms with van der Waals surface area (Å²) in [7, 11) is 0. The number of nitrogens with one attached hydrogen (secondary N) is 1. The van der Waals surface area contributed by atoms with Crippen molar-refractivity contribution < 1.29 is 9.53 Å². The van der Waals surface area contributed by atoms with Crippen molar-refractivity contribution in [3.8, 4) is 0 Å². The molecule has 1 aliphatic carbocycles. The lowest BCUT2D eigenvalue weighted by atomic mass is 9.86. The lowest BCUT2D eigenvalue weighted by Gasteiger charge is -2.21. The maximum Gasteiger partial charge on any atom is 0.306 e. The van der Waals surface area contributed by atoms with Crippen LogP contribution in [0.25, 0.3) is 0 Å². The molecule has 98 valence electrons. The molecular formula is C14H25NO2. The number of carbonyl (C=O) groups is 1. The summed E-state index contributed by atoms with van der Waals surface area (Å²) in [5, 5.41) is 6.82. The normalized spacial score (nSPS) is 16.7. The van der Waals surface area contributed by atoms with Crippen LogP contribution < -0.4 is 0 Å². The van der Waals surface area contributed by atoms with Crippen LogP contribution in [0.15, 0.2) is 0 Å². The Morgan fingerprint density at radius 2 is 2.00 bits per heavy atom. The third kappa shape index (κ3) is 7.14. The first kappa shape index (κ1) is 14.2. The lowest BCUT2D eigenvalue weighted by molar-refractivity contribution is -0.143. The Hall–Kier alpha value is -0.860. The number of rotatable bonds is 8. The third-order valence-corrected chi connectivity index (χ3v) is 3.49. The van der Waals surface area contributed by atoms with E-state index in [9.17, 15) is 4.79 Å². The van der Waals surface area contributed by atoms with E-state index < -0.39 is 0 Å². The zero-order valence-corrected chi connectivity index (χ0v) is 10.7. The molecule has 3 heteroatoms. The van der Waals surface area contributed by atoms with Crippen LogP contribution in [0.2, 0.25) is 0 Å². The summed E-state index contributed by atoms with van der Waals surface area (Å²) in [6.07, 6.45) is 12.6. The highest BCUT2D eigenvalue weighted by atomic mass is 16.5. The maximum atomic E-state index is 11.1. The fourth-order valence-corrected chi connectivity index (χ4v) is 2.46. The number of unbranched alkanes of at least 4 members (excludes halogenated alkanes) is 1. The molecule has 0 aliphatic heterocycles. The maximum absolute atomic E-state index is 11.1. The molecule has 0 aromatic heterocycles. The Labute approximate surface area is 104 Å². The van der Waals surface area contributed by atoms with Gasteiger partial charge in [0.15, 0.2) is 0 Å². The van der Waals surface area contributed by atoms with E-state index in [1.165, 1.54) is 51.2 Å². The van der Waals surface area contributed by atoms with Crippen LogP contribution in [0.3, 0.4) is 0 Å². The molecule has 1 N–H and O–H groups in total. The molecule has 0 radical (unpaired) electrons. The molecule has 3 nitrogen and oxygen atoms in total. The van der Waals surface area contributed by atoms with Crippen molar-refractivity contribution in [1.29, 1.82) is 5.41 Å². The molecule has 0 spiro atoms. The molecule has 1 fully saturated rings. The Bertz CT molecular complexity index is 222. The van der Waals surface area contributed by atoms with Crippen molar-refractivity contribution in [2.75, 3.05) is 6.61 Å². The highest BCUT2D eigenvalue weighted by Gasteiger charge is 2.12. The Kier molecular flexibility index (Phi) is 7.69. The summed E-state index contributed by atoms with van der Waals surface area (Å²) < 4.78 is 5.09. The topological polar surface area (TPSA) is 50.2 Å². The first-order valence-corrected chi connectivity index (χ1v) is 6.97. The molecule has 1 saturated carbocycles. The molecular weight excluding hydrogens is 214 g/mol. The number of carbonyl (C=O) groups excluding carboxylic acids is 1. The van der Waals surface area contributed by atoms with Gasteiger partial charge < -0.3 is 10.1 Å². The molecule has 1 aliphatic rings. The minimum atomic E-state index is -0.161. The van der Waals surface area contributed by atoms with Gasteiger partial charge in [0.2, 0.25) is 0 Å². The molecule has 0 amide bonds. The average molecular weight is 239 g/mol. The van der Waals surface area contributed by atoms with Gasteiger partial charge >= 0.3 is 5.97 Å². The number of ether oxygens (including phenoxy) is 1. The van der Waals surface area contributed by atoms with Gasteiger partial charge in [0.25, 0.3) is 0 Å². The molecule has 17 heavy (non-hydrogen) atoms. The van der Waals surface area contributed by atoms with Gasteiger partial charge in [-0.25, -0.2) is 0 Å². The van der Waals surface area contributed by atoms with Gasteiger partial charge in [-0.1, -0.05) is 38.5 Å². The number of hydrogen-bond acceptors (Lipinski definition) is 3. The molecule has 0 heterocycles. The van der Waals surface area contributed by atoms with Crippen molar-refractivity contribution >= 4 is 12.2 Å². The lowest BCUT2D eigenvalue weighted by Crippen LogP contribution is -2.08.